The van der Waals surface area contributed by atoms with E-state index in [1.54, 1.807) is 0 Å². The number of hydrogen-bond acceptors (Lipinski definition) is 17. The van der Waals surface area contributed by atoms with Gasteiger partial charge in [0.2, 0.25) is 23.6 Å². The highest BCUT2D eigenvalue weighted by molar-refractivity contribution is 5.89. The molecule has 0 spiro atoms. The summed E-state index contributed by atoms with van der Waals surface area (Å²) in [7, 11) is 0. The molecule has 1 saturated heterocycles. The van der Waals surface area contributed by atoms with E-state index in [0.29, 0.717) is 11.1 Å². The van der Waals surface area contributed by atoms with Crippen molar-refractivity contribution in [2.45, 2.75) is 44.6 Å². The number of ether oxygens (including phenoxy) is 6. The monoisotopic (exact) mass is 824 g/mol. The first kappa shape index (κ1) is 41.8. The molecule has 2 heterocycles. The second-order valence-corrected chi connectivity index (χ2v) is 13.2. The molecule has 60 heavy (non-hydrogen) atoms. The van der Waals surface area contributed by atoms with Crippen molar-refractivity contribution in [2.24, 2.45) is 0 Å². The minimum absolute atomic E-state index is 0.00453. The predicted molar refractivity (Wildman–Crippen MR) is 208 cm³/mol. The summed E-state index contributed by atoms with van der Waals surface area (Å²) in [6.45, 7) is 1.35. The smallest absolute Gasteiger partial charge is 0.331 e. The average molecular weight is 825 g/mol. The van der Waals surface area contributed by atoms with E-state index in [1.807, 2.05) is 0 Å². The fourth-order valence-electron chi connectivity index (χ4n) is 6.07. The lowest BCUT2D eigenvalue weighted by Crippen LogP contribution is -2.63. The predicted octanol–water partition coefficient (Wildman–Crippen LogP) is 4.84. The van der Waals surface area contributed by atoms with Gasteiger partial charge in [0.1, 0.15) is 52.4 Å². The molecular weight excluding hydrogens is 788 g/mol. The SMILES string of the molecule is CC(=O)O[C@@H]1[C@@H](OC(=O)C=Cc2ccc(O)cc2)[C@H](Oc2c(-c3ccc(O)cc3)oc3cc(O)cc(O)c3c2=O)O[C@H](COC(=O)C=Cc2ccc(O)cc2)[C@H]1OC(C)=O. The Balaban J connectivity index is 1.44. The molecule has 6 rings (SSSR count). The topological polar surface area (TPSA) is 255 Å². The van der Waals surface area contributed by atoms with Crippen LogP contribution < -0.4 is 10.2 Å². The zero-order valence-corrected chi connectivity index (χ0v) is 31.6. The van der Waals surface area contributed by atoms with E-state index in [1.165, 1.54) is 84.9 Å². The van der Waals surface area contributed by atoms with Gasteiger partial charge in [0.15, 0.2) is 18.0 Å². The van der Waals surface area contributed by atoms with Crippen molar-refractivity contribution < 1.29 is 77.5 Å². The standard InChI is InChI=1S/C43H36O17/c1-22(44)55-39-33(21-54-34(51)17-7-24-3-11-27(46)12-4-24)58-43(42(41(39)56-23(2)45)59-35(52)18-8-25-5-13-28(47)14-6-25)60-40-37(53)36-31(50)19-30(49)20-32(36)57-38(40)26-9-15-29(48)16-10-26/h3-20,33,39,41-43,46-50H,21H2,1-2H3/t33-,39-,41+,42-,43+/m1/s1. The van der Waals surface area contributed by atoms with Gasteiger partial charge in [-0.1, -0.05) is 24.3 Å². The molecule has 5 N–H and O–H groups in total. The zero-order chi connectivity index (χ0) is 43.1. The number of phenols is 5. The molecular formula is C43H36O17. The van der Waals surface area contributed by atoms with Crippen LogP contribution >= 0.6 is 0 Å². The molecule has 0 amide bonds. The maximum absolute atomic E-state index is 14.3. The molecule has 5 aromatic rings. The highest BCUT2D eigenvalue weighted by Crippen LogP contribution is 2.38. The van der Waals surface area contributed by atoms with Crippen molar-refractivity contribution in [2.75, 3.05) is 6.61 Å². The number of rotatable bonds is 12. The molecule has 1 aromatic heterocycles. The van der Waals surface area contributed by atoms with Crippen LogP contribution in [0.15, 0.2) is 106 Å². The molecule has 17 nitrogen and oxygen atoms in total. The van der Waals surface area contributed by atoms with Crippen LogP contribution in [0, 0.1) is 0 Å². The van der Waals surface area contributed by atoms with Gasteiger partial charge in [-0.25, -0.2) is 9.59 Å². The molecule has 0 bridgehead atoms. The van der Waals surface area contributed by atoms with E-state index >= 15 is 0 Å². The number of esters is 4. The highest BCUT2D eigenvalue weighted by atomic mass is 16.7. The summed E-state index contributed by atoms with van der Waals surface area (Å²) in [6, 6.07) is 18.8. The Labute approximate surface area is 339 Å². The Morgan fingerprint density at radius 1 is 0.650 bits per heavy atom. The lowest BCUT2D eigenvalue weighted by atomic mass is 9.98. The Morgan fingerprint density at radius 3 is 1.75 bits per heavy atom. The normalized spacial score (nSPS) is 18.9. The third-order valence-corrected chi connectivity index (χ3v) is 8.73. The van der Waals surface area contributed by atoms with E-state index in [-0.39, 0.29) is 34.2 Å². The number of hydrogen-bond donors (Lipinski definition) is 5. The average Bonchev–Trinajstić information content (AvgIpc) is 3.19. The summed E-state index contributed by atoms with van der Waals surface area (Å²) in [6.07, 6.45) is -4.02. The highest BCUT2D eigenvalue weighted by Gasteiger charge is 2.54. The van der Waals surface area contributed by atoms with Gasteiger partial charge in [-0.05, 0) is 71.8 Å². The Bertz CT molecular complexity index is 2500. The molecule has 17 heteroatoms. The maximum atomic E-state index is 14.3. The summed E-state index contributed by atoms with van der Waals surface area (Å²) in [4.78, 5) is 65.8. The summed E-state index contributed by atoms with van der Waals surface area (Å²) in [5, 5.41) is 49.7. The molecule has 0 unspecified atom stereocenters. The number of fused-ring (bicyclic) bond motifs is 1. The van der Waals surface area contributed by atoms with E-state index in [9.17, 15) is 49.5 Å². The van der Waals surface area contributed by atoms with Crippen LogP contribution in [0.2, 0.25) is 0 Å². The van der Waals surface area contributed by atoms with Gasteiger partial charge in [0.25, 0.3) is 0 Å². The van der Waals surface area contributed by atoms with E-state index in [0.717, 1.165) is 38.1 Å². The van der Waals surface area contributed by atoms with Gasteiger partial charge in [-0.2, -0.15) is 0 Å². The number of carbonyl (C=O) groups is 4. The fourth-order valence-corrected chi connectivity index (χ4v) is 6.07. The molecule has 4 aromatic carbocycles. The molecule has 1 aliphatic heterocycles. The summed E-state index contributed by atoms with van der Waals surface area (Å²) in [5.41, 5.74) is -0.176. The van der Waals surface area contributed by atoms with Crippen molar-refractivity contribution >= 4 is 47.0 Å². The minimum atomic E-state index is -1.97. The quantitative estimate of drug-likeness (QED) is 0.0641. The lowest BCUT2D eigenvalue weighted by Gasteiger charge is -2.43. The second-order valence-electron chi connectivity index (χ2n) is 13.2. The molecule has 1 fully saturated rings. The van der Waals surface area contributed by atoms with Gasteiger partial charge in [0, 0.05) is 43.7 Å². The number of carbonyl (C=O) groups excluding carboxylic acids is 4. The molecule has 310 valence electrons. The summed E-state index contributed by atoms with van der Waals surface area (Å²) >= 11 is 0. The van der Waals surface area contributed by atoms with Crippen LogP contribution in [-0.2, 0) is 42.9 Å². The van der Waals surface area contributed by atoms with Crippen LogP contribution in [0.5, 0.6) is 34.5 Å². The Hall–Kier alpha value is -7.79. The van der Waals surface area contributed by atoms with Gasteiger partial charge >= 0.3 is 23.9 Å². The minimum Gasteiger partial charge on any atom is -0.508 e. The summed E-state index contributed by atoms with van der Waals surface area (Å²) < 4.78 is 40.7. The third kappa shape index (κ3) is 10.2. The van der Waals surface area contributed by atoms with Crippen molar-refractivity contribution in [3.63, 3.8) is 0 Å². The molecule has 0 aliphatic carbocycles. The van der Waals surface area contributed by atoms with Crippen LogP contribution in [0.3, 0.4) is 0 Å². The molecule has 5 atom stereocenters. The van der Waals surface area contributed by atoms with E-state index in [2.05, 4.69) is 0 Å². The number of benzene rings is 4. The molecule has 0 radical (unpaired) electrons. The van der Waals surface area contributed by atoms with Crippen molar-refractivity contribution in [1.82, 2.24) is 0 Å². The van der Waals surface area contributed by atoms with Crippen LogP contribution in [0.25, 0.3) is 34.4 Å². The van der Waals surface area contributed by atoms with Gasteiger partial charge in [-0.3, -0.25) is 14.4 Å². The Morgan fingerprint density at radius 2 is 1.18 bits per heavy atom. The van der Waals surface area contributed by atoms with E-state index < -0.39 is 89.3 Å². The second kappa shape index (κ2) is 18.2. The largest absolute Gasteiger partial charge is 0.508 e. The van der Waals surface area contributed by atoms with Crippen LogP contribution in [0.4, 0.5) is 0 Å². The number of aromatic hydroxyl groups is 5. The van der Waals surface area contributed by atoms with E-state index in [4.69, 9.17) is 32.8 Å². The first-order valence-electron chi connectivity index (χ1n) is 18.0. The van der Waals surface area contributed by atoms with Crippen LogP contribution in [-0.4, -0.2) is 86.7 Å². The molecule has 1 aliphatic rings. The van der Waals surface area contributed by atoms with Gasteiger partial charge in [-0.15, -0.1) is 0 Å². The maximum Gasteiger partial charge on any atom is 0.331 e. The Kier molecular flexibility index (Phi) is 12.7. The number of phenolic OH excluding ortho intramolecular Hbond substituents is 5. The van der Waals surface area contributed by atoms with Gasteiger partial charge < -0.3 is 58.4 Å². The first-order chi connectivity index (χ1) is 28.6. The van der Waals surface area contributed by atoms with Crippen LogP contribution in [0.1, 0.15) is 25.0 Å². The van der Waals surface area contributed by atoms with Crippen molar-refractivity contribution in [1.29, 1.82) is 0 Å². The van der Waals surface area contributed by atoms with Crippen molar-refractivity contribution in [3.05, 3.63) is 118 Å². The van der Waals surface area contributed by atoms with Crippen molar-refractivity contribution in [3.8, 4) is 45.8 Å². The van der Waals surface area contributed by atoms with Gasteiger partial charge in [0.05, 0.1) is 0 Å². The fraction of sp³-hybridized carbons (Fsp3) is 0.186. The third-order valence-electron chi connectivity index (χ3n) is 8.73. The lowest BCUT2D eigenvalue weighted by molar-refractivity contribution is -0.288. The molecule has 0 saturated carbocycles. The summed E-state index contributed by atoms with van der Waals surface area (Å²) in [5.74, 6) is -6.18. The first-order valence-corrected chi connectivity index (χ1v) is 18.0. The zero-order valence-electron chi connectivity index (χ0n) is 31.6.